The van der Waals surface area contributed by atoms with Crippen molar-refractivity contribution >= 4 is 29.3 Å². The number of hydrogen-bond donors (Lipinski definition) is 1. The third-order valence-electron chi connectivity index (χ3n) is 2.99. The molecule has 21 heavy (non-hydrogen) atoms. The van der Waals surface area contributed by atoms with Crippen LogP contribution in [-0.2, 0) is 17.0 Å². The van der Waals surface area contributed by atoms with Crippen LogP contribution in [0.3, 0.4) is 0 Å². The maximum Gasteiger partial charge on any atom is 0.230 e. The van der Waals surface area contributed by atoms with Gasteiger partial charge in [-0.3, -0.25) is 4.79 Å². The molecule has 2 aromatic rings. The standard InChI is InChI=1S/C17H18ClNOS/c18-16-8-6-15(7-9-16)12-21-13-17(20)19-11-10-14-4-2-1-3-5-14/h1-9H,10-13H2,(H,19,20). The van der Waals surface area contributed by atoms with Crippen LogP contribution in [0.5, 0.6) is 0 Å². The summed E-state index contributed by atoms with van der Waals surface area (Å²) in [6.07, 6.45) is 0.869. The van der Waals surface area contributed by atoms with Crippen LogP contribution in [0.25, 0.3) is 0 Å². The number of thioether (sulfide) groups is 1. The Morgan fingerprint density at radius 1 is 1.00 bits per heavy atom. The van der Waals surface area contributed by atoms with Crippen molar-refractivity contribution in [2.24, 2.45) is 0 Å². The molecule has 110 valence electrons. The fourth-order valence-electron chi connectivity index (χ4n) is 1.88. The molecule has 1 amide bonds. The second-order valence-electron chi connectivity index (χ2n) is 4.70. The summed E-state index contributed by atoms with van der Waals surface area (Å²) >= 11 is 7.44. The zero-order valence-electron chi connectivity index (χ0n) is 11.7. The van der Waals surface area contributed by atoms with Gasteiger partial charge in [-0.2, -0.15) is 0 Å². The Balaban J connectivity index is 1.60. The van der Waals surface area contributed by atoms with E-state index in [0.29, 0.717) is 12.3 Å². The highest BCUT2D eigenvalue weighted by atomic mass is 35.5. The lowest BCUT2D eigenvalue weighted by atomic mass is 10.1. The van der Waals surface area contributed by atoms with Gasteiger partial charge in [0, 0.05) is 17.3 Å². The van der Waals surface area contributed by atoms with Gasteiger partial charge < -0.3 is 5.32 Å². The number of rotatable bonds is 7. The molecule has 0 bridgehead atoms. The smallest absolute Gasteiger partial charge is 0.230 e. The van der Waals surface area contributed by atoms with Crippen molar-refractivity contribution in [2.75, 3.05) is 12.3 Å². The second-order valence-corrected chi connectivity index (χ2v) is 6.13. The number of carbonyl (C=O) groups is 1. The molecule has 0 spiro atoms. The van der Waals surface area contributed by atoms with E-state index in [1.165, 1.54) is 11.1 Å². The average Bonchev–Trinajstić information content (AvgIpc) is 2.50. The molecule has 0 heterocycles. The van der Waals surface area contributed by atoms with Gasteiger partial charge in [-0.05, 0) is 29.7 Å². The fourth-order valence-corrected chi connectivity index (χ4v) is 2.83. The van der Waals surface area contributed by atoms with Crippen molar-refractivity contribution in [3.8, 4) is 0 Å². The predicted octanol–water partition coefficient (Wildman–Crippen LogP) is 3.93. The van der Waals surface area contributed by atoms with Gasteiger partial charge in [0.15, 0.2) is 0 Å². The zero-order chi connectivity index (χ0) is 14.9. The highest BCUT2D eigenvalue weighted by molar-refractivity contribution is 7.99. The second kappa shape index (κ2) is 8.75. The quantitative estimate of drug-likeness (QED) is 0.837. The van der Waals surface area contributed by atoms with Gasteiger partial charge in [-0.15, -0.1) is 11.8 Å². The van der Waals surface area contributed by atoms with Gasteiger partial charge >= 0.3 is 0 Å². The normalized spacial score (nSPS) is 10.3. The van der Waals surface area contributed by atoms with Crippen LogP contribution in [0.2, 0.25) is 5.02 Å². The molecule has 2 nitrogen and oxygen atoms in total. The molecule has 2 aromatic carbocycles. The third kappa shape index (κ3) is 6.23. The number of carbonyl (C=O) groups excluding carboxylic acids is 1. The Morgan fingerprint density at radius 3 is 2.43 bits per heavy atom. The number of nitrogens with one attached hydrogen (secondary N) is 1. The lowest BCUT2D eigenvalue weighted by Gasteiger charge is -2.05. The van der Waals surface area contributed by atoms with Gasteiger partial charge in [0.05, 0.1) is 5.75 Å². The van der Waals surface area contributed by atoms with Crippen LogP contribution in [0.4, 0.5) is 0 Å². The number of benzene rings is 2. The van der Waals surface area contributed by atoms with Crippen LogP contribution in [0.15, 0.2) is 54.6 Å². The first-order valence-electron chi connectivity index (χ1n) is 6.87. The molecule has 0 aliphatic carbocycles. The molecular weight excluding hydrogens is 302 g/mol. The van der Waals surface area contributed by atoms with E-state index in [4.69, 9.17) is 11.6 Å². The van der Waals surface area contributed by atoms with Crippen molar-refractivity contribution in [1.82, 2.24) is 5.32 Å². The van der Waals surface area contributed by atoms with Crippen LogP contribution < -0.4 is 5.32 Å². The van der Waals surface area contributed by atoms with Crippen molar-refractivity contribution < 1.29 is 4.79 Å². The topological polar surface area (TPSA) is 29.1 Å². The van der Waals surface area contributed by atoms with Gasteiger partial charge in [0.2, 0.25) is 5.91 Å². The summed E-state index contributed by atoms with van der Waals surface area (Å²) in [5, 5.41) is 3.68. The lowest BCUT2D eigenvalue weighted by molar-refractivity contribution is -0.118. The summed E-state index contributed by atoms with van der Waals surface area (Å²) in [5.41, 5.74) is 2.42. The van der Waals surface area contributed by atoms with E-state index in [2.05, 4.69) is 17.4 Å². The molecule has 1 N–H and O–H groups in total. The van der Waals surface area contributed by atoms with Gasteiger partial charge in [0.1, 0.15) is 0 Å². The Kier molecular flexibility index (Phi) is 6.64. The Hall–Kier alpha value is -1.45. The van der Waals surface area contributed by atoms with Crippen molar-refractivity contribution in [3.05, 3.63) is 70.7 Å². The zero-order valence-corrected chi connectivity index (χ0v) is 13.3. The molecule has 0 radical (unpaired) electrons. The van der Waals surface area contributed by atoms with E-state index >= 15 is 0 Å². The van der Waals surface area contributed by atoms with Crippen LogP contribution in [-0.4, -0.2) is 18.2 Å². The lowest BCUT2D eigenvalue weighted by Crippen LogP contribution is -2.27. The molecule has 0 aromatic heterocycles. The summed E-state index contributed by atoms with van der Waals surface area (Å²) in [6.45, 7) is 0.685. The van der Waals surface area contributed by atoms with Gasteiger partial charge in [-0.1, -0.05) is 54.1 Å². The van der Waals surface area contributed by atoms with E-state index < -0.39 is 0 Å². The van der Waals surface area contributed by atoms with E-state index in [0.717, 1.165) is 17.2 Å². The number of amides is 1. The maximum absolute atomic E-state index is 11.7. The average molecular weight is 320 g/mol. The molecule has 0 aliphatic heterocycles. The monoisotopic (exact) mass is 319 g/mol. The number of hydrogen-bond acceptors (Lipinski definition) is 2. The first-order chi connectivity index (χ1) is 10.2. The van der Waals surface area contributed by atoms with E-state index in [1.807, 2.05) is 42.5 Å². The van der Waals surface area contributed by atoms with Crippen molar-refractivity contribution in [3.63, 3.8) is 0 Å². The molecule has 2 rings (SSSR count). The maximum atomic E-state index is 11.7. The summed E-state index contributed by atoms with van der Waals surface area (Å²) in [5.74, 6) is 1.39. The first kappa shape index (κ1) is 15.9. The third-order valence-corrected chi connectivity index (χ3v) is 4.25. The predicted molar refractivity (Wildman–Crippen MR) is 90.8 cm³/mol. The SMILES string of the molecule is O=C(CSCc1ccc(Cl)cc1)NCCc1ccccc1. The van der Waals surface area contributed by atoms with Crippen LogP contribution in [0, 0.1) is 0 Å². The minimum Gasteiger partial charge on any atom is -0.355 e. The van der Waals surface area contributed by atoms with E-state index in [-0.39, 0.29) is 5.91 Å². The van der Waals surface area contributed by atoms with Crippen LogP contribution in [0.1, 0.15) is 11.1 Å². The van der Waals surface area contributed by atoms with Gasteiger partial charge in [-0.25, -0.2) is 0 Å². The van der Waals surface area contributed by atoms with E-state index in [1.54, 1.807) is 11.8 Å². The Morgan fingerprint density at radius 2 is 1.71 bits per heavy atom. The molecule has 0 aliphatic rings. The molecule has 0 fully saturated rings. The highest BCUT2D eigenvalue weighted by Crippen LogP contribution is 2.15. The minimum atomic E-state index is 0.0879. The molecular formula is C17H18ClNOS. The molecule has 0 saturated carbocycles. The van der Waals surface area contributed by atoms with Crippen molar-refractivity contribution in [1.29, 1.82) is 0 Å². The summed E-state index contributed by atoms with van der Waals surface area (Å²) in [6, 6.07) is 17.9. The molecule has 0 saturated heterocycles. The molecule has 0 unspecified atom stereocenters. The molecule has 4 heteroatoms. The summed E-state index contributed by atoms with van der Waals surface area (Å²) in [4.78, 5) is 11.7. The molecule has 0 atom stereocenters. The Bertz CT molecular complexity index is 557. The highest BCUT2D eigenvalue weighted by Gasteiger charge is 2.02. The number of halogens is 1. The first-order valence-corrected chi connectivity index (χ1v) is 8.40. The summed E-state index contributed by atoms with van der Waals surface area (Å²) < 4.78 is 0. The summed E-state index contributed by atoms with van der Waals surface area (Å²) in [7, 11) is 0. The fraction of sp³-hybridized carbons (Fsp3) is 0.235. The van der Waals surface area contributed by atoms with Gasteiger partial charge in [0.25, 0.3) is 0 Å². The largest absolute Gasteiger partial charge is 0.355 e. The minimum absolute atomic E-state index is 0.0879. The van der Waals surface area contributed by atoms with Crippen molar-refractivity contribution in [2.45, 2.75) is 12.2 Å². The van der Waals surface area contributed by atoms with E-state index in [9.17, 15) is 4.79 Å². The van der Waals surface area contributed by atoms with Crippen LogP contribution >= 0.6 is 23.4 Å². The Labute approximate surface area is 134 Å².